The number of pyridine rings is 1. The lowest BCUT2D eigenvalue weighted by Gasteiger charge is -2.29. The molecule has 0 bridgehead atoms. The minimum Gasteiger partial charge on any atom is -0.308 e. The molecular weight excluding hydrogens is 453 g/mol. The predicted octanol–water partition coefficient (Wildman–Crippen LogP) is 4.36. The van der Waals surface area contributed by atoms with E-state index in [-0.39, 0.29) is 35.6 Å². The van der Waals surface area contributed by atoms with Crippen LogP contribution in [0.3, 0.4) is 0 Å². The van der Waals surface area contributed by atoms with Gasteiger partial charge in [-0.05, 0) is 67.6 Å². The Hall–Kier alpha value is -2.59. The first-order valence-electron chi connectivity index (χ1n) is 10.8. The monoisotopic (exact) mass is 476 g/mol. The van der Waals surface area contributed by atoms with Crippen LogP contribution in [0.5, 0.6) is 0 Å². The second-order valence-corrected chi connectivity index (χ2v) is 9.38. The molecular formula is C23H23F3N4O2S. The quantitative estimate of drug-likeness (QED) is 0.490. The van der Waals surface area contributed by atoms with Gasteiger partial charge in [-0.3, -0.25) is 14.6 Å². The zero-order valence-electron chi connectivity index (χ0n) is 17.8. The molecule has 3 heterocycles. The fourth-order valence-electron chi connectivity index (χ4n) is 4.18. The second-order valence-electron chi connectivity index (χ2n) is 8.28. The molecule has 0 aromatic carbocycles. The highest BCUT2D eigenvalue weighted by Crippen LogP contribution is 2.32. The molecule has 2 fully saturated rings. The summed E-state index contributed by atoms with van der Waals surface area (Å²) < 4.78 is 39.4. The maximum atomic E-state index is 13.1. The molecule has 1 saturated heterocycles. The number of hydrogen-bond acceptors (Lipinski definition) is 7. The van der Waals surface area contributed by atoms with Crippen LogP contribution in [-0.2, 0) is 28.7 Å². The lowest BCUT2D eigenvalue weighted by molar-refractivity contribution is -0.138. The van der Waals surface area contributed by atoms with Crippen molar-refractivity contribution in [3.8, 4) is 0 Å². The van der Waals surface area contributed by atoms with Gasteiger partial charge in [-0.1, -0.05) is 0 Å². The molecule has 1 aliphatic carbocycles. The van der Waals surface area contributed by atoms with Crippen molar-refractivity contribution in [2.24, 2.45) is 5.92 Å². The predicted molar refractivity (Wildman–Crippen MR) is 118 cm³/mol. The first-order chi connectivity index (χ1) is 15.8. The normalized spacial score (nSPS) is 22.8. The van der Waals surface area contributed by atoms with Crippen LogP contribution in [-0.4, -0.2) is 31.9 Å². The van der Waals surface area contributed by atoms with Crippen molar-refractivity contribution in [3.05, 3.63) is 58.3 Å². The number of ketones is 1. The lowest BCUT2D eigenvalue weighted by atomic mass is 9.84. The molecule has 0 amide bonds. The van der Waals surface area contributed by atoms with Gasteiger partial charge in [-0.2, -0.15) is 13.2 Å². The second kappa shape index (κ2) is 10.1. The number of hydrogen-bond donors (Lipinski definition) is 1. The summed E-state index contributed by atoms with van der Waals surface area (Å²) in [4.78, 5) is 36.4. The third-order valence-electron chi connectivity index (χ3n) is 5.88. The van der Waals surface area contributed by atoms with Crippen LogP contribution in [0, 0.1) is 5.92 Å². The largest absolute Gasteiger partial charge is 0.418 e. The molecule has 2 aliphatic rings. The van der Waals surface area contributed by atoms with Gasteiger partial charge in [0.25, 0.3) is 0 Å². The van der Waals surface area contributed by atoms with Crippen molar-refractivity contribution in [3.63, 3.8) is 0 Å². The summed E-state index contributed by atoms with van der Waals surface area (Å²) in [7, 11) is 0. The Balaban J connectivity index is 1.29. The van der Waals surface area contributed by atoms with E-state index in [2.05, 4.69) is 20.3 Å². The van der Waals surface area contributed by atoms with Crippen LogP contribution in [0.1, 0.15) is 54.9 Å². The zero-order chi connectivity index (χ0) is 23.4. The van der Waals surface area contributed by atoms with E-state index in [0.717, 1.165) is 43.5 Å². The van der Waals surface area contributed by atoms with Crippen LogP contribution in [0.4, 0.5) is 13.2 Å². The van der Waals surface area contributed by atoms with E-state index in [1.54, 1.807) is 18.3 Å². The summed E-state index contributed by atoms with van der Waals surface area (Å²) in [5.41, 5.74) is -0.0657. The van der Waals surface area contributed by atoms with E-state index in [4.69, 9.17) is 0 Å². The van der Waals surface area contributed by atoms with Crippen molar-refractivity contribution < 1.29 is 22.8 Å². The van der Waals surface area contributed by atoms with Gasteiger partial charge >= 0.3 is 6.18 Å². The lowest BCUT2D eigenvalue weighted by Crippen LogP contribution is -2.34. The molecule has 1 N–H and O–H groups in total. The van der Waals surface area contributed by atoms with E-state index >= 15 is 0 Å². The SMILES string of the molecule is O=C1CC(=O)/C(=C/c2ccnc(CC3CCC(NCc4ncccc4C(F)(F)F)CC3)n2)S1. The van der Waals surface area contributed by atoms with Gasteiger partial charge < -0.3 is 5.32 Å². The van der Waals surface area contributed by atoms with Gasteiger partial charge in [0.05, 0.1) is 28.3 Å². The summed E-state index contributed by atoms with van der Waals surface area (Å²) in [5, 5.41) is 3.08. The Bertz CT molecular complexity index is 1070. The minimum atomic E-state index is -4.41. The van der Waals surface area contributed by atoms with E-state index in [1.165, 1.54) is 12.3 Å². The van der Waals surface area contributed by atoms with Gasteiger partial charge in [-0.15, -0.1) is 0 Å². The third kappa shape index (κ3) is 6.26. The van der Waals surface area contributed by atoms with Gasteiger partial charge in [-0.25, -0.2) is 9.97 Å². The molecule has 6 nitrogen and oxygen atoms in total. The molecule has 2 aromatic heterocycles. The molecule has 174 valence electrons. The Morgan fingerprint density at radius 3 is 2.58 bits per heavy atom. The number of allylic oxidation sites excluding steroid dienone is 1. The number of nitrogens with zero attached hydrogens (tertiary/aromatic N) is 3. The number of carbonyl (C=O) groups is 2. The van der Waals surface area contributed by atoms with Gasteiger partial charge in [0.2, 0.25) is 5.12 Å². The Morgan fingerprint density at radius 2 is 1.88 bits per heavy atom. The van der Waals surface area contributed by atoms with E-state index in [0.29, 0.717) is 28.8 Å². The third-order valence-corrected chi connectivity index (χ3v) is 6.82. The zero-order valence-corrected chi connectivity index (χ0v) is 18.6. The molecule has 1 saturated carbocycles. The molecule has 0 atom stereocenters. The number of halogens is 3. The molecule has 0 unspecified atom stereocenters. The Morgan fingerprint density at radius 1 is 1.09 bits per heavy atom. The summed E-state index contributed by atoms with van der Waals surface area (Å²) >= 11 is 0.954. The number of alkyl halides is 3. The van der Waals surface area contributed by atoms with Crippen molar-refractivity contribution in [1.29, 1.82) is 0 Å². The van der Waals surface area contributed by atoms with Gasteiger partial charge in [0, 0.05) is 31.4 Å². The highest BCUT2D eigenvalue weighted by Gasteiger charge is 2.34. The maximum Gasteiger partial charge on any atom is 0.418 e. The topological polar surface area (TPSA) is 84.8 Å². The number of thioether (sulfide) groups is 1. The van der Waals surface area contributed by atoms with E-state index in [1.807, 2.05) is 0 Å². The standard InChI is InChI=1S/C23H23F3N4O2S/c24-23(25,26)17-2-1-8-27-18(17)13-29-15-5-3-14(4-6-15)10-21-28-9-7-16(30-21)11-20-19(31)12-22(32)33-20/h1-2,7-9,11,14-15,29H,3-6,10,12-13H2/b20-11-. The molecule has 0 radical (unpaired) electrons. The molecule has 0 spiro atoms. The van der Waals surface area contributed by atoms with E-state index < -0.39 is 11.7 Å². The minimum absolute atomic E-state index is 0.0204. The average molecular weight is 477 g/mol. The van der Waals surface area contributed by atoms with Gasteiger partial charge in [0.1, 0.15) is 5.82 Å². The van der Waals surface area contributed by atoms with Crippen molar-refractivity contribution >= 4 is 28.7 Å². The van der Waals surface area contributed by atoms with Crippen LogP contribution in [0.15, 0.2) is 35.5 Å². The van der Waals surface area contributed by atoms with Gasteiger partial charge in [0.15, 0.2) is 5.78 Å². The fourth-order valence-corrected chi connectivity index (χ4v) is 4.99. The van der Waals surface area contributed by atoms with Crippen LogP contribution >= 0.6 is 11.8 Å². The van der Waals surface area contributed by atoms with Crippen LogP contribution < -0.4 is 5.32 Å². The van der Waals surface area contributed by atoms with Crippen LogP contribution in [0.2, 0.25) is 0 Å². The van der Waals surface area contributed by atoms with Crippen molar-refractivity contribution in [2.75, 3.05) is 0 Å². The highest BCUT2D eigenvalue weighted by atomic mass is 32.2. The number of Topliss-reactive ketones (excluding diaryl/α,β-unsaturated/α-hetero) is 1. The first kappa shape index (κ1) is 23.6. The number of aromatic nitrogens is 3. The highest BCUT2D eigenvalue weighted by molar-refractivity contribution is 8.18. The summed E-state index contributed by atoms with van der Waals surface area (Å²) in [6, 6.07) is 4.21. The summed E-state index contributed by atoms with van der Waals surface area (Å²) in [6.45, 7) is 0.0874. The first-order valence-corrected chi connectivity index (χ1v) is 11.6. The smallest absolute Gasteiger partial charge is 0.308 e. The Labute approximate surface area is 193 Å². The van der Waals surface area contributed by atoms with Crippen LogP contribution in [0.25, 0.3) is 6.08 Å². The van der Waals surface area contributed by atoms with Crippen molar-refractivity contribution in [1.82, 2.24) is 20.3 Å². The summed E-state index contributed by atoms with van der Waals surface area (Å²) in [6.07, 6.45) is 4.44. The number of rotatable bonds is 6. The maximum absolute atomic E-state index is 13.1. The molecule has 33 heavy (non-hydrogen) atoms. The van der Waals surface area contributed by atoms with Crippen molar-refractivity contribution in [2.45, 2.75) is 57.3 Å². The average Bonchev–Trinajstić information content (AvgIpc) is 3.09. The van der Waals surface area contributed by atoms with E-state index in [9.17, 15) is 22.8 Å². The number of nitrogens with one attached hydrogen (secondary N) is 1. The summed E-state index contributed by atoms with van der Waals surface area (Å²) in [5.74, 6) is 0.894. The fraction of sp³-hybridized carbons (Fsp3) is 0.435. The Kier molecular flexibility index (Phi) is 7.23. The molecule has 2 aromatic rings. The molecule has 10 heteroatoms. The number of carbonyl (C=O) groups excluding carboxylic acids is 2. The molecule has 1 aliphatic heterocycles. The molecule has 4 rings (SSSR count).